The van der Waals surface area contributed by atoms with Crippen LogP contribution in [0.1, 0.15) is 312 Å². The molecule has 3 unspecified atom stereocenters. The average molecular weight is 1890 g/mol. The van der Waals surface area contributed by atoms with Crippen LogP contribution in [0.3, 0.4) is 0 Å². The standard InChI is InChI=1S/C28H35NO4.C22H33NO2.C22H30O6S2.C20H36O3.C20H34O3/c1-20-11-14-25(21(2)18-20)22-8-7-9-23(19-22)26(30)15-12-24-13-16-27(31)29(24)17-6-4-3-5-10-28(32)33;1-2-3-4-5-9-17-23-20(13-10-14-22(23)25)15-16-21(24)18-19-11-7-6-8-12-19;1-28-13-16-5-2-4-15(10-16)11-17(23)6-7-18-19(24)12-20(25)22(18)30-9-3-8-29-14-21(26)27;2*1-3-5-7-8-10-12-17-18(20(23)15-19(17)22)14-13-16(21)11-9-6-4-2/h7-9,11-12,14-15,18-19,24,26,30H,3-6,10,13,16-17H2,1-2H3,(H,32,33);6-8,11-12,15-16,20-21,24H,2-5,9-10,13-14,17-18H2,1H3;2,4-7,10,17-19,22-24H,3,8-9,11-14H2,1H3,(H,26,27);13-14,16-18,20-21,23H,3-12,15H2,1-2H3;8,10,13-14,16-18,20-21,23H,3-7,9,11-12,15H2,1-2H3/b15-12+;16-15+;7-6+;14-13+;10-8-,14-13+/t24-,26?;;17-,18+,19-,22-;2*16-,17+,18+,20+/m0.100/s1. The van der Waals surface area contributed by atoms with Crippen molar-refractivity contribution in [1.82, 2.24) is 9.80 Å². The number of piperidine rings is 1. The zero-order valence-corrected chi connectivity index (χ0v) is 83.8. The first-order valence-corrected chi connectivity index (χ1v) is 52.9. The number of nitrogens with zero attached hydrogens (tertiary/aromatic N) is 2. The monoisotopic (exact) mass is 1890 g/mol. The molecule has 2 heterocycles. The number of methoxy groups -OCH3 is 1. The van der Waals surface area contributed by atoms with Gasteiger partial charge >= 0.3 is 11.9 Å². The van der Waals surface area contributed by atoms with Gasteiger partial charge in [0.1, 0.15) is 17.3 Å². The third-order valence-electron chi connectivity index (χ3n) is 25.8. The van der Waals surface area contributed by atoms with Crippen LogP contribution < -0.4 is 0 Å². The lowest BCUT2D eigenvalue weighted by Crippen LogP contribution is -2.43. The highest BCUT2D eigenvalue weighted by molar-refractivity contribution is 8.01. The number of rotatable bonds is 57. The molecule has 0 radical (unpaired) electrons. The van der Waals surface area contributed by atoms with E-state index in [1.807, 2.05) is 107 Å². The van der Waals surface area contributed by atoms with E-state index in [9.17, 15) is 74.4 Å². The van der Waals surface area contributed by atoms with E-state index in [0.717, 1.165) is 173 Å². The Bertz CT molecular complexity index is 4170. The summed E-state index contributed by atoms with van der Waals surface area (Å²) in [6, 6.07) is 32.4. The van der Waals surface area contributed by atoms with Crippen molar-refractivity contribution in [3.05, 3.63) is 203 Å². The van der Waals surface area contributed by atoms with E-state index in [1.54, 1.807) is 37.5 Å². The number of Topliss-reactive ketones (excluding diaryl/α,β-unsaturated/α-hetero) is 3. The molecule has 0 spiro atoms. The summed E-state index contributed by atoms with van der Waals surface area (Å²) in [5.74, 6) is 0.00459. The predicted molar refractivity (Wildman–Crippen MR) is 546 cm³/mol. The number of hydrogen-bond donors (Lipinski definition) is 10. The maximum absolute atomic E-state index is 12.3. The molecule has 2 saturated heterocycles. The molecule has 134 heavy (non-hydrogen) atoms. The van der Waals surface area contributed by atoms with Gasteiger partial charge in [0.25, 0.3) is 0 Å². The van der Waals surface area contributed by atoms with Gasteiger partial charge in [-0.15, -0.1) is 11.8 Å². The molecule has 0 aromatic heterocycles. The maximum Gasteiger partial charge on any atom is 0.313 e. The van der Waals surface area contributed by atoms with Crippen molar-refractivity contribution in [2.24, 2.45) is 29.6 Å². The fraction of sp³-hybridized carbons (Fsp3) is 0.616. The minimum atomic E-state index is -0.823. The first-order chi connectivity index (χ1) is 64.6. The van der Waals surface area contributed by atoms with E-state index < -0.39 is 60.8 Å². The molecular weight excluding hydrogens is 1730 g/mol. The summed E-state index contributed by atoms with van der Waals surface area (Å²) in [5.41, 5.74) is 8.68. The molecule has 2 aliphatic heterocycles. The number of aliphatic hydroxyl groups is 8. The second kappa shape index (κ2) is 69.4. The Hall–Kier alpha value is -7.45. The van der Waals surface area contributed by atoms with Gasteiger partial charge < -0.3 is 65.6 Å². The van der Waals surface area contributed by atoms with Gasteiger partial charge in [0.05, 0.1) is 78.5 Å². The SMILES string of the molecule is CCCC/C=C\C[C@H]1C(=O)C[C@@H](O)[C@@H]1/C=C/[C@@H](O)CCCCC.CCCCCCCN1C(=O)CCCC1/C=C/C(O)Cc1ccccc1.CCCCCCC[C@H]1C(=O)C[C@@H](O)[C@@H]1/C=C/[C@@H](O)CCCCC.COCc1cccc(C[C@H](O)/C=C/[C@H]2[C@H](O)CC(=O)[C@@H]2SCCCSCC(=O)O)c1.Cc1ccc(-c2cccc(C(O)/C=C/[C@H]3CCC(=O)N3CCCCCCC(=O)O)c2)c(C)c1. The lowest BCUT2D eigenvalue weighted by Gasteiger charge is -2.34. The molecule has 16 atom stereocenters. The number of hydrogen-bond acceptors (Lipinski definition) is 18. The average Bonchev–Trinajstić information content (AvgIpc) is 1.70. The quantitative estimate of drug-likeness (QED) is 0.0145. The van der Waals surface area contributed by atoms with E-state index in [4.69, 9.17) is 14.9 Å². The Kier molecular flexibility index (Phi) is 60.6. The van der Waals surface area contributed by atoms with Crippen molar-refractivity contribution in [3.63, 3.8) is 0 Å². The smallest absolute Gasteiger partial charge is 0.313 e. The number of amides is 2. The van der Waals surface area contributed by atoms with Crippen molar-refractivity contribution in [3.8, 4) is 11.1 Å². The van der Waals surface area contributed by atoms with Gasteiger partial charge in [0.2, 0.25) is 11.8 Å². The fourth-order valence-electron chi connectivity index (χ4n) is 18.1. The Labute approximate surface area is 812 Å². The molecule has 4 aromatic carbocycles. The highest BCUT2D eigenvalue weighted by Gasteiger charge is 2.42. The predicted octanol–water partition coefficient (Wildman–Crippen LogP) is 21.2. The molecule has 4 aromatic rings. The number of carbonyl (C=O) groups excluding carboxylic acids is 5. The summed E-state index contributed by atoms with van der Waals surface area (Å²) in [4.78, 5) is 86.1. The van der Waals surface area contributed by atoms with Gasteiger partial charge in [-0.2, -0.15) is 11.8 Å². The lowest BCUT2D eigenvalue weighted by atomic mass is 9.88. The van der Waals surface area contributed by atoms with Crippen LogP contribution >= 0.6 is 23.5 Å². The van der Waals surface area contributed by atoms with Crippen molar-refractivity contribution in [2.75, 3.05) is 37.5 Å². The summed E-state index contributed by atoms with van der Waals surface area (Å²) < 4.78 is 5.13. The Morgan fingerprint density at radius 2 is 1.00 bits per heavy atom. The highest BCUT2D eigenvalue weighted by atomic mass is 32.2. The van der Waals surface area contributed by atoms with Crippen LogP contribution in [0.4, 0.5) is 0 Å². The van der Waals surface area contributed by atoms with Crippen LogP contribution in [0, 0.1) is 43.4 Å². The van der Waals surface area contributed by atoms with Crippen LogP contribution in [0.5, 0.6) is 0 Å². The first-order valence-electron chi connectivity index (χ1n) is 50.7. The molecule has 5 fully saturated rings. The molecule has 3 saturated carbocycles. The largest absolute Gasteiger partial charge is 0.481 e. The van der Waals surface area contributed by atoms with E-state index >= 15 is 0 Å². The highest BCUT2D eigenvalue weighted by Crippen LogP contribution is 2.38. The van der Waals surface area contributed by atoms with E-state index in [0.29, 0.717) is 51.7 Å². The summed E-state index contributed by atoms with van der Waals surface area (Å²) in [6.45, 7) is 17.1. The minimum absolute atomic E-state index is 0.00805. The molecule has 9 rings (SSSR count). The van der Waals surface area contributed by atoms with Crippen molar-refractivity contribution in [2.45, 2.75) is 372 Å². The van der Waals surface area contributed by atoms with Gasteiger partial charge in [-0.3, -0.25) is 33.6 Å². The number of unbranched alkanes of at least 4 members (excludes halogenated alkanes) is 17. The number of carboxylic acids is 2. The second-order valence-electron chi connectivity index (χ2n) is 37.2. The van der Waals surface area contributed by atoms with Crippen LogP contribution in [-0.4, -0.2) is 199 Å². The molecule has 2 amide bonds. The number of allylic oxidation sites excluding steroid dienone is 2. The zero-order valence-electron chi connectivity index (χ0n) is 82.2. The first kappa shape index (κ1) is 117. The molecule has 0 bridgehead atoms. The molecule has 5 aliphatic rings. The molecule has 746 valence electrons. The van der Waals surface area contributed by atoms with E-state index in [-0.39, 0.29) is 108 Å². The number of benzene rings is 4. The van der Waals surface area contributed by atoms with Gasteiger partial charge in [0.15, 0.2) is 0 Å². The Balaban J connectivity index is 0.000000298. The fourth-order valence-corrected chi connectivity index (χ4v) is 20.3. The Morgan fingerprint density at radius 1 is 0.478 bits per heavy atom. The Morgan fingerprint density at radius 3 is 1.62 bits per heavy atom. The number of aryl methyl sites for hydroxylation is 2. The third-order valence-corrected chi connectivity index (χ3v) is 28.3. The number of thioether (sulfide) groups is 2. The molecular formula is C112H168N2O18S2. The van der Waals surface area contributed by atoms with Crippen LogP contribution in [-0.2, 0) is 57.7 Å². The number of carboxylic acid groups (broad SMARTS) is 2. The summed E-state index contributed by atoms with van der Waals surface area (Å²) >= 11 is 2.87. The number of ether oxygens (including phenoxy) is 1. The third kappa shape index (κ3) is 46.8. The van der Waals surface area contributed by atoms with Crippen LogP contribution in [0.15, 0.2) is 170 Å². The zero-order chi connectivity index (χ0) is 97.8. The normalized spacial score (nSPS) is 22.0. The molecule has 3 aliphatic carbocycles. The molecule has 10 N–H and O–H groups in total. The summed E-state index contributed by atoms with van der Waals surface area (Å²) in [6.07, 6.45) is 53.0. The lowest BCUT2D eigenvalue weighted by molar-refractivity contribution is -0.137. The van der Waals surface area contributed by atoms with Crippen LogP contribution in [0.25, 0.3) is 11.1 Å². The van der Waals surface area contributed by atoms with Crippen LogP contribution in [0.2, 0.25) is 0 Å². The van der Waals surface area contributed by atoms with Crippen molar-refractivity contribution in [1.29, 1.82) is 0 Å². The number of aliphatic hydroxyl groups excluding tert-OH is 8. The topological polar surface area (TPSA) is 338 Å². The van der Waals surface area contributed by atoms with Gasteiger partial charge in [-0.05, 0) is 147 Å². The number of carbonyl (C=O) groups is 7. The summed E-state index contributed by atoms with van der Waals surface area (Å²) in [7, 11) is 1.64. The second-order valence-corrected chi connectivity index (χ2v) is 39.6. The number of aliphatic carboxylic acids is 2. The van der Waals surface area contributed by atoms with Crippen molar-refractivity contribution < 1.29 is 89.4 Å². The van der Waals surface area contributed by atoms with Gasteiger partial charge in [-0.1, -0.05) is 326 Å². The maximum atomic E-state index is 12.3. The van der Waals surface area contributed by atoms with Crippen molar-refractivity contribution >= 4 is 64.6 Å². The number of ketones is 3. The molecule has 22 heteroatoms. The van der Waals surface area contributed by atoms with E-state index in [2.05, 4.69) is 91.0 Å². The van der Waals surface area contributed by atoms with E-state index in [1.165, 1.54) is 98.9 Å². The minimum Gasteiger partial charge on any atom is -0.481 e. The summed E-state index contributed by atoms with van der Waals surface area (Å²) in [5, 5.41) is 99.0. The molecule has 20 nitrogen and oxygen atoms in total. The van der Waals surface area contributed by atoms with Gasteiger partial charge in [-0.25, -0.2) is 0 Å². The number of likely N-dealkylation sites (tertiary alicyclic amines) is 2. The van der Waals surface area contributed by atoms with Gasteiger partial charge in [0, 0.05) is 101 Å².